The summed E-state index contributed by atoms with van der Waals surface area (Å²) < 4.78 is 4.66. The molecule has 1 aromatic heterocycles. The van der Waals surface area contributed by atoms with Gasteiger partial charge in [0.1, 0.15) is 0 Å². The van der Waals surface area contributed by atoms with E-state index in [9.17, 15) is 9.59 Å². The Bertz CT molecular complexity index is 857. The highest BCUT2D eigenvalue weighted by molar-refractivity contribution is 6.32. The topological polar surface area (TPSA) is 110 Å². The Kier molecular flexibility index (Phi) is 6.57. The van der Waals surface area contributed by atoms with Crippen LogP contribution in [-0.2, 0) is 4.74 Å². The van der Waals surface area contributed by atoms with E-state index in [-0.39, 0.29) is 16.7 Å². The number of halogens is 1. The van der Waals surface area contributed by atoms with Crippen molar-refractivity contribution in [2.75, 3.05) is 36.7 Å². The number of nitrogens with two attached hydrogens (primary N) is 1. The monoisotopic (exact) mass is 391 g/mol. The highest BCUT2D eigenvalue weighted by Crippen LogP contribution is 2.24. The van der Waals surface area contributed by atoms with Gasteiger partial charge in [0.15, 0.2) is 22.5 Å². The van der Waals surface area contributed by atoms with Gasteiger partial charge in [0, 0.05) is 19.3 Å². The van der Waals surface area contributed by atoms with E-state index >= 15 is 0 Å². The number of carbonyl (C=O) groups excluding carboxylic acids is 2. The van der Waals surface area contributed by atoms with Crippen LogP contribution in [0.5, 0.6) is 0 Å². The zero-order chi connectivity index (χ0) is 20.1. The first-order chi connectivity index (χ1) is 12.7. The molecule has 0 spiro atoms. The molecule has 27 heavy (non-hydrogen) atoms. The predicted octanol–water partition coefficient (Wildman–Crippen LogP) is 2.84. The third kappa shape index (κ3) is 5.07. The second-order valence-corrected chi connectivity index (χ2v) is 6.73. The molecule has 1 heterocycles. The van der Waals surface area contributed by atoms with Crippen molar-refractivity contribution in [1.29, 1.82) is 0 Å². The van der Waals surface area contributed by atoms with Crippen LogP contribution in [0.4, 0.5) is 17.3 Å². The first-order valence-corrected chi connectivity index (χ1v) is 8.64. The van der Waals surface area contributed by atoms with Crippen LogP contribution >= 0.6 is 11.6 Å². The number of nitrogen functional groups attached to an aromatic ring is 1. The fraction of sp³-hybridized carbons (Fsp3) is 0.333. The molecule has 2 rings (SSSR count). The van der Waals surface area contributed by atoms with Crippen LogP contribution in [0.1, 0.15) is 34.7 Å². The van der Waals surface area contributed by atoms with Crippen LogP contribution in [0.2, 0.25) is 5.15 Å². The highest BCUT2D eigenvalue weighted by atomic mass is 35.5. The van der Waals surface area contributed by atoms with E-state index in [2.05, 4.69) is 33.9 Å². The largest absolute Gasteiger partial charge is 0.465 e. The van der Waals surface area contributed by atoms with E-state index < -0.39 is 11.9 Å². The lowest BCUT2D eigenvalue weighted by molar-refractivity contribution is 0.0600. The maximum Gasteiger partial charge on any atom is 0.337 e. The number of nitrogens with one attached hydrogen (secondary N) is 1. The normalized spacial score (nSPS) is 10.6. The van der Waals surface area contributed by atoms with Gasteiger partial charge in [-0.3, -0.25) is 4.79 Å². The minimum absolute atomic E-state index is 0.0355. The summed E-state index contributed by atoms with van der Waals surface area (Å²) in [4.78, 5) is 34.3. The van der Waals surface area contributed by atoms with Crippen LogP contribution in [-0.4, -0.2) is 42.5 Å². The first-order valence-electron chi connectivity index (χ1n) is 8.26. The molecule has 1 aromatic carbocycles. The van der Waals surface area contributed by atoms with Crippen molar-refractivity contribution in [3.63, 3.8) is 0 Å². The van der Waals surface area contributed by atoms with E-state index in [1.165, 1.54) is 13.2 Å². The minimum atomic E-state index is -0.582. The van der Waals surface area contributed by atoms with Crippen LogP contribution < -0.4 is 16.0 Å². The molecule has 9 heteroatoms. The summed E-state index contributed by atoms with van der Waals surface area (Å²) in [6.45, 7) is 4.83. The fourth-order valence-electron chi connectivity index (χ4n) is 2.49. The lowest BCUT2D eigenvalue weighted by atomic mass is 10.2. The molecule has 0 aliphatic carbocycles. The molecular formula is C18H22ClN5O3. The number of esters is 1. The van der Waals surface area contributed by atoms with Crippen molar-refractivity contribution in [3.8, 4) is 0 Å². The Morgan fingerprint density at radius 2 is 2.04 bits per heavy atom. The minimum Gasteiger partial charge on any atom is -0.465 e. The van der Waals surface area contributed by atoms with Gasteiger partial charge in [0.2, 0.25) is 0 Å². The highest BCUT2D eigenvalue weighted by Gasteiger charge is 2.20. The lowest BCUT2D eigenvalue weighted by Gasteiger charge is -2.21. The molecule has 0 aliphatic rings. The Labute approximate surface area is 162 Å². The maximum absolute atomic E-state index is 12.5. The van der Waals surface area contributed by atoms with Gasteiger partial charge in [-0.15, -0.1) is 0 Å². The maximum atomic E-state index is 12.5. The molecule has 0 radical (unpaired) electrons. The van der Waals surface area contributed by atoms with Crippen LogP contribution in [0.25, 0.3) is 0 Å². The van der Waals surface area contributed by atoms with E-state index in [1.807, 2.05) is 11.9 Å². The Balaban J connectivity index is 2.24. The number of carbonyl (C=O) groups is 2. The second kappa shape index (κ2) is 8.68. The Hall–Kier alpha value is -2.87. The van der Waals surface area contributed by atoms with Gasteiger partial charge < -0.3 is 20.7 Å². The van der Waals surface area contributed by atoms with Crippen molar-refractivity contribution in [2.45, 2.75) is 13.8 Å². The van der Waals surface area contributed by atoms with Crippen molar-refractivity contribution in [3.05, 3.63) is 40.7 Å². The van der Waals surface area contributed by atoms with Crippen molar-refractivity contribution in [2.24, 2.45) is 5.92 Å². The van der Waals surface area contributed by atoms with Crippen LogP contribution in [0.3, 0.4) is 0 Å². The lowest BCUT2D eigenvalue weighted by Crippen LogP contribution is -2.26. The Morgan fingerprint density at radius 1 is 1.33 bits per heavy atom. The molecule has 8 nitrogen and oxygen atoms in total. The van der Waals surface area contributed by atoms with Gasteiger partial charge in [-0.05, 0) is 24.1 Å². The number of nitrogens with zero attached hydrogens (tertiary/aromatic N) is 3. The van der Waals surface area contributed by atoms with Gasteiger partial charge in [0.05, 0.1) is 12.7 Å². The molecule has 0 atom stereocenters. The van der Waals surface area contributed by atoms with Crippen molar-refractivity contribution >= 4 is 40.8 Å². The number of amides is 1. The third-order valence-corrected chi connectivity index (χ3v) is 3.87. The summed E-state index contributed by atoms with van der Waals surface area (Å²) in [7, 11) is 3.11. The van der Waals surface area contributed by atoms with Gasteiger partial charge in [-0.25, -0.2) is 14.8 Å². The molecular weight excluding hydrogens is 370 g/mol. The predicted molar refractivity (Wildman–Crippen MR) is 105 cm³/mol. The molecule has 0 unspecified atom stereocenters. The summed E-state index contributed by atoms with van der Waals surface area (Å²) in [5, 5.41) is 2.71. The molecule has 2 aromatic rings. The third-order valence-electron chi connectivity index (χ3n) is 3.62. The van der Waals surface area contributed by atoms with Gasteiger partial charge >= 0.3 is 5.97 Å². The SMILES string of the molecule is COC(=O)c1cccc(NC(=O)c2nc(Cl)c(N(C)CC(C)C)nc2N)c1. The van der Waals surface area contributed by atoms with Gasteiger partial charge in [0.25, 0.3) is 5.91 Å². The summed E-state index contributed by atoms with van der Waals surface area (Å²) in [5.74, 6) is -0.328. The molecule has 0 saturated heterocycles. The summed E-state index contributed by atoms with van der Waals surface area (Å²) in [6.07, 6.45) is 0. The number of rotatable bonds is 6. The van der Waals surface area contributed by atoms with Crippen molar-refractivity contribution in [1.82, 2.24) is 9.97 Å². The number of hydrogen-bond acceptors (Lipinski definition) is 7. The summed E-state index contributed by atoms with van der Waals surface area (Å²) in [6, 6.07) is 6.31. The van der Waals surface area contributed by atoms with Crippen molar-refractivity contribution < 1.29 is 14.3 Å². The van der Waals surface area contributed by atoms with Crippen LogP contribution in [0.15, 0.2) is 24.3 Å². The number of benzene rings is 1. The molecule has 0 aliphatic heterocycles. The molecule has 0 bridgehead atoms. The van der Waals surface area contributed by atoms with Crippen LogP contribution in [0, 0.1) is 5.92 Å². The van der Waals surface area contributed by atoms with E-state index in [0.717, 1.165) is 0 Å². The quantitative estimate of drug-likeness (QED) is 0.728. The fourth-order valence-corrected chi connectivity index (χ4v) is 2.77. The summed E-state index contributed by atoms with van der Waals surface area (Å²) in [5.41, 5.74) is 6.52. The standard InChI is InChI=1S/C18H22ClN5O3/c1-10(2)9-24(3)16-14(19)22-13(15(20)23-16)17(25)21-12-7-5-6-11(8-12)18(26)27-4/h5-8,10H,9H2,1-4H3,(H2,20,23)(H,21,25). The average Bonchev–Trinajstić information content (AvgIpc) is 2.62. The average molecular weight is 392 g/mol. The molecule has 0 saturated carbocycles. The number of aromatic nitrogens is 2. The molecule has 0 fully saturated rings. The summed E-state index contributed by atoms with van der Waals surface area (Å²) >= 11 is 6.20. The molecule has 1 amide bonds. The molecule has 144 valence electrons. The number of ether oxygens (including phenoxy) is 1. The number of anilines is 3. The van der Waals surface area contributed by atoms with E-state index in [0.29, 0.717) is 29.5 Å². The van der Waals surface area contributed by atoms with E-state index in [4.69, 9.17) is 17.3 Å². The zero-order valence-corrected chi connectivity index (χ0v) is 16.4. The zero-order valence-electron chi connectivity index (χ0n) is 15.6. The number of hydrogen-bond donors (Lipinski definition) is 2. The van der Waals surface area contributed by atoms with Gasteiger partial charge in [-0.2, -0.15) is 0 Å². The second-order valence-electron chi connectivity index (χ2n) is 6.37. The number of methoxy groups -OCH3 is 1. The molecule has 3 N–H and O–H groups in total. The Morgan fingerprint density at radius 3 is 2.67 bits per heavy atom. The smallest absolute Gasteiger partial charge is 0.337 e. The van der Waals surface area contributed by atoms with Gasteiger partial charge in [-0.1, -0.05) is 31.5 Å². The first kappa shape index (κ1) is 20.4. The van der Waals surface area contributed by atoms with E-state index in [1.54, 1.807) is 18.2 Å².